The van der Waals surface area contributed by atoms with Gasteiger partial charge in [-0.2, -0.15) is 61.5 Å². The third-order valence-electron chi connectivity index (χ3n) is 4.27. The number of hydrogen-bond acceptors (Lipinski definition) is 2. The van der Waals surface area contributed by atoms with Gasteiger partial charge in [0, 0.05) is 25.5 Å². The van der Waals surface area contributed by atoms with Crippen LogP contribution < -0.4 is 9.80 Å². The van der Waals surface area contributed by atoms with Crippen molar-refractivity contribution in [3.8, 4) is 0 Å². The minimum Gasteiger partial charge on any atom is -0.310 e. The number of benzene rings is 1. The molecule has 2 amide bonds. The number of anilines is 2. The van der Waals surface area contributed by atoms with Crippen LogP contribution in [0.4, 0.5) is 72.8 Å². The van der Waals surface area contributed by atoms with Crippen LogP contribution in [0.1, 0.15) is 0 Å². The van der Waals surface area contributed by atoms with Gasteiger partial charge in [-0.25, -0.2) is 0 Å². The number of carbonyl (C=O) groups is 2. The molecule has 0 spiro atoms. The van der Waals surface area contributed by atoms with E-state index in [0.29, 0.717) is 38.4 Å². The zero-order chi connectivity index (χ0) is 27.3. The molecular weight excluding hydrogens is 518 g/mol. The molecule has 1 aromatic rings. The van der Waals surface area contributed by atoms with Gasteiger partial charge in [-0.15, -0.1) is 0 Å². The van der Waals surface area contributed by atoms with Gasteiger partial charge in [0.25, 0.3) is 0 Å². The average Bonchev–Trinajstić information content (AvgIpc) is 2.69. The molecule has 18 heteroatoms. The molecule has 1 aromatic carbocycles. The summed E-state index contributed by atoms with van der Waals surface area (Å²) in [5.74, 6) is -32.3. The van der Waals surface area contributed by atoms with E-state index in [4.69, 9.17) is 0 Å². The van der Waals surface area contributed by atoms with Crippen molar-refractivity contribution in [1.29, 1.82) is 0 Å². The zero-order valence-corrected chi connectivity index (χ0v) is 16.3. The monoisotopic (exact) mass is 528 g/mol. The quantitative estimate of drug-likeness (QED) is 0.472. The highest BCUT2D eigenvalue weighted by Crippen LogP contribution is 2.48. The third-order valence-corrected chi connectivity index (χ3v) is 4.27. The number of amides is 2. The summed E-state index contributed by atoms with van der Waals surface area (Å²) in [7, 11) is 0.620. The van der Waals surface area contributed by atoms with Crippen LogP contribution >= 0.6 is 0 Å². The van der Waals surface area contributed by atoms with Gasteiger partial charge in [0.15, 0.2) is 0 Å². The van der Waals surface area contributed by atoms with Crippen molar-refractivity contribution in [3.63, 3.8) is 0 Å². The molecule has 0 unspecified atom stereocenters. The largest absolute Gasteiger partial charge is 0.460 e. The van der Waals surface area contributed by atoms with Gasteiger partial charge in [-0.3, -0.25) is 9.59 Å². The van der Waals surface area contributed by atoms with Crippen molar-refractivity contribution < 1.29 is 71.1 Å². The molecule has 1 rings (SSSR count). The minimum absolute atomic E-state index is 0.310. The summed E-state index contributed by atoms with van der Waals surface area (Å²) < 4.78 is 179. The fourth-order valence-corrected chi connectivity index (χ4v) is 2.18. The Hall–Kier alpha value is -2.82. The average molecular weight is 528 g/mol. The first-order valence-corrected chi connectivity index (χ1v) is 8.16. The molecule has 0 aliphatic rings. The molecule has 0 aliphatic carbocycles. The summed E-state index contributed by atoms with van der Waals surface area (Å²) in [6.45, 7) is 0. The van der Waals surface area contributed by atoms with Crippen LogP contribution in [0.5, 0.6) is 0 Å². The Morgan fingerprint density at radius 3 is 0.912 bits per heavy atom. The fraction of sp³-hybridized carbons (Fsp3) is 0.500. The maximum absolute atomic E-state index is 13.5. The smallest absolute Gasteiger partial charge is 0.310 e. The first-order valence-electron chi connectivity index (χ1n) is 8.16. The summed E-state index contributed by atoms with van der Waals surface area (Å²) in [6.07, 6.45) is -13.7. The van der Waals surface area contributed by atoms with Crippen LogP contribution in [0.2, 0.25) is 0 Å². The molecule has 0 bridgehead atoms. The molecule has 0 radical (unpaired) electrons. The van der Waals surface area contributed by atoms with Gasteiger partial charge in [0.1, 0.15) is 0 Å². The molecule has 0 atom stereocenters. The van der Waals surface area contributed by atoms with Crippen LogP contribution in [0.3, 0.4) is 0 Å². The number of halogens is 14. The van der Waals surface area contributed by atoms with Gasteiger partial charge in [-0.05, 0) is 24.3 Å². The van der Waals surface area contributed by atoms with E-state index in [9.17, 15) is 71.1 Å². The minimum atomic E-state index is -6.83. The van der Waals surface area contributed by atoms with Crippen LogP contribution in [-0.4, -0.2) is 62.0 Å². The van der Waals surface area contributed by atoms with E-state index in [-0.39, 0.29) is 0 Å². The van der Waals surface area contributed by atoms with Gasteiger partial charge >= 0.3 is 47.9 Å². The van der Waals surface area contributed by atoms with E-state index in [1.807, 2.05) is 0 Å². The number of nitrogens with zero attached hydrogens (tertiary/aromatic N) is 2. The second-order valence-corrected chi connectivity index (χ2v) is 6.54. The molecule has 4 nitrogen and oxygen atoms in total. The highest BCUT2D eigenvalue weighted by molar-refractivity contribution is 6.00. The predicted molar refractivity (Wildman–Crippen MR) is 85.2 cm³/mol. The van der Waals surface area contributed by atoms with E-state index in [2.05, 4.69) is 0 Å². The SMILES string of the molecule is CN(C(=O)C(F)(F)C(F)(F)C(F)(F)F)c1ccc(N(C)C(=O)C(F)(F)C(F)(F)C(F)(F)F)cc1. The lowest BCUT2D eigenvalue weighted by molar-refractivity contribution is -0.343. The molecule has 0 saturated heterocycles. The van der Waals surface area contributed by atoms with Gasteiger partial charge in [0.2, 0.25) is 0 Å². The lowest BCUT2D eigenvalue weighted by Crippen LogP contribution is -2.59. The Morgan fingerprint density at radius 2 is 0.735 bits per heavy atom. The molecule has 194 valence electrons. The molecule has 0 aromatic heterocycles. The number of rotatable bonds is 6. The van der Waals surface area contributed by atoms with E-state index in [1.165, 1.54) is 0 Å². The molecule has 34 heavy (non-hydrogen) atoms. The Balaban J connectivity index is 3.22. The van der Waals surface area contributed by atoms with Crippen molar-refractivity contribution in [1.82, 2.24) is 0 Å². The van der Waals surface area contributed by atoms with Crippen LogP contribution in [0, 0.1) is 0 Å². The van der Waals surface area contributed by atoms with Crippen molar-refractivity contribution in [2.75, 3.05) is 23.9 Å². The lowest BCUT2D eigenvalue weighted by atomic mass is 10.1. The Labute approximate surface area is 179 Å². The van der Waals surface area contributed by atoms with E-state index in [1.54, 1.807) is 0 Å². The highest BCUT2D eigenvalue weighted by atomic mass is 19.4. The second kappa shape index (κ2) is 8.44. The van der Waals surface area contributed by atoms with Crippen LogP contribution in [-0.2, 0) is 9.59 Å². The molecule has 0 heterocycles. The summed E-state index contributed by atoms with van der Waals surface area (Å²) in [6, 6.07) is 1.66. The van der Waals surface area contributed by atoms with E-state index >= 15 is 0 Å². The predicted octanol–water partition coefficient (Wildman–Crippen LogP) is 5.28. The fourth-order valence-electron chi connectivity index (χ4n) is 2.18. The summed E-state index contributed by atoms with van der Waals surface area (Å²) in [5.41, 5.74) is -1.75. The standard InChI is InChI=1S/C16H10F14N2O2/c1-31(9(33)11(17,18)13(21,22)15(25,26)27)7-3-5-8(6-4-7)32(2)10(34)12(19,20)14(23,24)16(28,29)30/h3-6H,1-2H3. The topological polar surface area (TPSA) is 40.6 Å². The third kappa shape index (κ3) is 4.57. The highest BCUT2D eigenvalue weighted by Gasteiger charge is 2.77. The second-order valence-electron chi connectivity index (χ2n) is 6.54. The van der Waals surface area contributed by atoms with Crippen molar-refractivity contribution in [2.45, 2.75) is 36.0 Å². The van der Waals surface area contributed by atoms with Gasteiger partial charge in [0.05, 0.1) is 0 Å². The molecule has 0 aliphatic heterocycles. The molecule has 0 fully saturated rings. The molecule has 0 saturated carbocycles. The first-order chi connectivity index (χ1) is 14.9. The number of alkyl halides is 14. The Bertz CT molecular complexity index is 846. The van der Waals surface area contributed by atoms with Crippen LogP contribution in [0.25, 0.3) is 0 Å². The normalized spacial score (nSPS) is 14.1. The van der Waals surface area contributed by atoms with Crippen molar-refractivity contribution in [2.24, 2.45) is 0 Å². The molecule has 0 N–H and O–H groups in total. The van der Waals surface area contributed by atoms with E-state index in [0.717, 1.165) is 0 Å². The van der Waals surface area contributed by atoms with Gasteiger partial charge in [-0.1, -0.05) is 0 Å². The van der Waals surface area contributed by atoms with Gasteiger partial charge < -0.3 is 9.80 Å². The first kappa shape index (κ1) is 29.2. The number of carbonyl (C=O) groups excluding carboxylic acids is 2. The lowest BCUT2D eigenvalue weighted by Gasteiger charge is -2.31. The van der Waals surface area contributed by atoms with Crippen molar-refractivity contribution in [3.05, 3.63) is 24.3 Å². The summed E-state index contributed by atoms with van der Waals surface area (Å²) in [4.78, 5) is 22.3. The maximum atomic E-state index is 13.5. The Morgan fingerprint density at radius 1 is 0.529 bits per heavy atom. The van der Waals surface area contributed by atoms with Crippen molar-refractivity contribution >= 4 is 23.2 Å². The van der Waals surface area contributed by atoms with E-state index < -0.39 is 69.0 Å². The Kier molecular flexibility index (Phi) is 7.25. The number of hydrogen-bond donors (Lipinski definition) is 0. The maximum Gasteiger partial charge on any atom is 0.460 e. The summed E-state index contributed by atoms with van der Waals surface area (Å²) >= 11 is 0. The van der Waals surface area contributed by atoms with Crippen LogP contribution in [0.15, 0.2) is 24.3 Å². The summed E-state index contributed by atoms with van der Waals surface area (Å²) in [5, 5.41) is 0. The zero-order valence-electron chi connectivity index (χ0n) is 16.3. The molecular formula is C16H10F14N2O2.